The topological polar surface area (TPSA) is 103 Å². The summed E-state index contributed by atoms with van der Waals surface area (Å²) in [7, 11) is 0. The molecule has 2 aromatic carbocycles. The number of morpholine rings is 1. The third-order valence-corrected chi connectivity index (χ3v) is 3.70. The van der Waals surface area contributed by atoms with Crippen molar-refractivity contribution in [2.24, 2.45) is 5.73 Å². The van der Waals surface area contributed by atoms with Gasteiger partial charge in [0.15, 0.2) is 0 Å². The van der Waals surface area contributed by atoms with Crippen LogP contribution in [-0.4, -0.2) is 37.6 Å². The fourth-order valence-electron chi connectivity index (χ4n) is 2.41. The molecular weight excluding hydrogens is 322 g/mol. The Hall–Kier alpha value is -2.90. The Bertz CT molecular complexity index is 755. The second kappa shape index (κ2) is 7.78. The molecule has 1 aliphatic rings. The van der Waals surface area contributed by atoms with Gasteiger partial charge in [-0.3, -0.25) is 9.59 Å². The van der Waals surface area contributed by atoms with E-state index in [0.29, 0.717) is 35.9 Å². The summed E-state index contributed by atoms with van der Waals surface area (Å²) in [5.41, 5.74) is 6.28. The van der Waals surface area contributed by atoms with E-state index in [-0.39, 0.29) is 5.91 Å². The lowest BCUT2D eigenvalue weighted by atomic mass is 10.2. The summed E-state index contributed by atoms with van der Waals surface area (Å²) in [6, 6.07) is 13.6. The van der Waals surface area contributed by atoms with E-state index >= 15 is 0 Å². The van der Waals surface area contributed by atoms with Gasteiger partial charge in [0, 0.05) is 24.3 Å². The Morgan fingerprint density at radius 2 is 1.96 bits per heavy atom. The smallest absolute Gasteiger partial charge is 0.254 e. The van der Waals surface area contributed by atoms with Crippen molar-refractivity contribution in [3.63, 3.8) is 0 Å². The highest BCUT2D eigenvalue weighted by Crippen LogP contribution is 2.24. The quantitative estimate of drug-likeness (QED) is 0.765. The molecule has 7 nitrogen and oxygen atoms in total. The molecule has 0 aliphatic carbocycles. The number of hydrogen-bond acceptors (Lipinski definition) is 5. The number of carbonyl (C=O) groups is 2. The van der Waals surface area contributed by atoms with Crippen LogP contribution in [0.25, 0.3) is 0 Å². The van der Waals surface area contributed by atoms with Gasteiger partial charge >= 0.3 is 0 Å². The van der Waals surface area contributed by atoms with E-state index in [0.717, 1.165) is 6.54 Å². The van der Waals surface area contributed by atoms with Gasteiger partial charge in [-0.1, -0.05) is 6.07 Å². The largest absolute Gasteiger partial charge is 0.457 e. The average molecular weight is 341 g/mol. The molecule has 0 saturated carbocycles. The molecule has 3 rings (SSSR count). The fraction of sp³-hybridized carbons (Fsp3) is 0.222. The normalized spacial score (nSPS) is 16.9. The summed E-state index contributed by atoms with van der Waals surface area (Å²) in [4.78, 5) is 23.3. The van der Waals surface area contributed by atoms with E-state index in [1.54, 1.807) is 48.5 Å². The molecule has 1 saturated heterocycles. The second-order valence-corrected chi connectivity index (χ2v) is 5.57. The summed E-state index contributed by atoms with van der Waals surface area (Å²) < 4.78 is 11.1. The lowest BCUT2D eigenvalue weighted by Gasteiger charge is -2.22. The summed E-state index contributed by atoms with van der Waals surface area (Å²) >= 11 is 0. The van der Waals surface area contributed by atoms with Gasteiger partial charge in [-0.25, -0.2) is 0 Å². The highest BCUT2D eigenvalue weighted by molar-refractivity contribution is 5.94. The Labute approximate surface area is 145 Å². The molecule has 130 valence electrons. The van der Waals surface area contributed by atoms with Crippen LogP contribution in [0.5, 0.6) is 11.5 Å². The van der Waals surface area contributed by atoms with Gasteiger partial charge < -0.3 is 25.8 Å². The van der Waals surface area contributed by atoms with Crippen LogP contribution in [0.1, 0.15) is 10.4 Å². The molecule has 7 heteroatoms. The van der Waals surface area contributed by atoms with E-state index < -0.39 is 12.0 Å². The second-order valence-electron chi connectivity index (χ2n) is 5.57. The first-order valence-electron chi connectivity index (χ1n) is 7.93. The molecule has 1 atom stereocenters. The molecule has 1 aliphatic heterocycles. The van der Waals surface area contributed by atoms with Crippen LogP contribution in [0, 0.1) is 0 Å². The molecule has 1 unspecified atom stereocenters. The van der Waals surface area contributed by atoms with Gasteiger partial charge in [0.05, 0.1) is 6.61 Å². The first kappa shape index (κ1) is 16.9. The zero-order chi connectivity index (χ0) is 17.6. The van der Waals surface area contributed by atoms with Crippen molar-refractivity contribution in [1.29, 1.82) is 0 Å². The SMILES string of the molecule is NC(=O)c1cccc(Oc2ccc(NC(=O)C3CNCCO3)cc2)c1. The monoisotopic (exact) mass is 341 g/mol. The van der Waals surface area contributed by atoms with Crippen molar-refractivity contribution >= 4 is 17.5 Å². The minimum absolute atomic E-state index is 0.185. The van der Waals surface area contributed by atoms with E-state index in [9.17, 15) is 9.59 Å². The van der Waals surface area contributed by atoms with Crippen LogP contribution in [0.3, 0.4) is 0 Å². The molecule has 4 N–H and O–H groups in total. The highest BCUT2D eigenvalue weighted by Gasteiger charge is 2.21. The lowest BCUT2D eigenvalue weighted by molar-refractivity contribution is -0.128. The first-order valence-corrected chi connectivity index (χ1v) is 7.93. The molecule has 0 aromatic heterocycles. The van der Waals surface area contributed by atoms with Crippen molar-refractivity contribution in [3.05, 3.63) is 54.1 Å². The highest BCUT2D eigenvalue weighted by atomic mass is 16.5. The van der Waals surface area contributed by atoms with E-state index in [4.69, 9.17) is 15.2 Å². The molecule has 2 aromatic rings. The van der Waals surface area contributed by atoms with Crippen molar-refractivity contribution in [2.75, 3.05) is 25.0 Å². The number of amides is 2. The van der Waals surface area contributed by atoms with Crippen molar-refractivity contribution in [2.45, 2.75) is 6.10 Å². The molecule has 0 bridgehead atoms. The third kappa shape index (κ3) is 4.56. The summed E-state index contributed by atoms with van der Waals surface area (Å²) in [5.74, 6) is 0.392. The summed E-state index contributed by atoms with van der Waals surface area (Å²) in [6.45, 7) is 1.78. The minimum atomic E-state index is -0.511. The van der Waals surface area contributed by atoms with Crippen LogP contribution >= 0.6 is 0 Å². The Kier molecular flexibility index (Phi) is 5.27. The molecule has 1 fully saturated rings. The van der Waals surface area contributed by atoms with Gasteiger partial charge in [0.2, 0.25) is 5.91 Å². The molecular formula is C18H19N3O4. The summed E-state index contributed by atoms with van der Waals surface area (Å²) in [5, 5.41) is 5.92. The number of carbonyl (C=O) groups excluding carboxylic acids is 2. The van der Waals surface area contributed by atoms with Crippen LogP contribution in [0.15, 0.2) is 48.5 Å². The average Bonchev–Trinajstić information content (AvgIpc) is 2.64. The predicted octanol–water partition coefficient (Wildman–Crippen LogP) is 1.50. The van der Waals surface area contributed by atoms with Crippen LogP contribution in [-0.2, 0) is 9.53 Å². The molecule has 0 spiro atoms. The van der Waals surface area contributed by atoms with Gasteiger partial charge in [0.1, 0.15) is 17.6 Å². The van der Waals surface area contributed by atoms with E-state index in [1.807, 2.05) is 0 Å². The van der Waals surface area contributed by atoms with E-state index in [1.165, 1.54) is 0 Å². The van der Waals surface area contributed by atoms with Gasteiger partial charge in [-0.2, -0.15) is 0 Å². The van der Waals surface area contributed by atoms with E-state index in [2.05, 4.69) is 10.6 Å². The summed E-state index contributed by atoms with van der Waals surface area (Å²) in [6.07, 6.45) is -0.485. The van der Waals surface area contributed by atoms with Crippen LogP contribution in [0.2, 0.25) is 0 Å². The number of hydrogen-bond donors (Lipinski definition) is 3. The number of nitrogens with one attached hydrogen (secondary N) is 2. The number of benzene rings is 2. The number of primary amides is 1. The molecule has 25 heavy (non-hydrogen) atoms. The maximum Gasteiger partial charge on any atom is 0.254 e. The lowest BCUT2D eigenvalue weighted by Crippen LogP contribution is -2.45. The minimum Gasteiger partial charge on any atom is -0.457 e. The Morgan fingerprint density at radius 3 is 2.64 bits per heavy atom. The fourth-order valence-corrected chi connectivity index (χ4v) is 2.41. The third-order valence-electron chi connectivity index (χ3n) is 3.70. The Morgan fingerprint density at radius 1 is 1.16 bits per heavy atom. The molecule has 1 heterocycles. The number of ether oxygens (including phenoxy) is 2. The van der Waals surface area contributed by atoms with Crippen molar-refractivity contribution in [1.82, 2.24) is 5.32 Å². The van der Waals surface area contributed by atoms with Crippen molar-refractivity contribution < 1.29 is 19.1 Å². The number of rotatable bonds is 5. The standard InChI is InChI=1S/C18H19N3O4/c19-17(22)12-2-1-3-15(10-12)25-14-6-4-13(5-7-14)21-18(23)16-11-20-8-9-24-16/h1-7,10,16,20H,8-9,11H2,(H2,19,22)(H,21,23). The molecule has 2 amide bonds. The zero-order valence-corrected chi connectivity index (χ0v) is 13.5. The maximum atomic E-state index is 12.1. The van der Waals surface area contributed by atoms with Crippen LogP contribution < -0.4 is 21.1 Å². The van der Waals surface area contributed by atoms with Gasteiger partial charge in [0.25, 0.3) is 5.91 Å². The maximum absolute atomic E-state index is 12.1. The first-order chi connectivity index (χ1) is 12.1. The number of nitrogens with two attached hydrogens (primary N) is 1. The van der Waals surface area contributed by atoms with Crippen LogP contribution in [0.4, 0.5) is 5.69 Å². The van der Waals surface area contributed by atoms with Crippen molar-refractivity contribution in [3.8, 4) is 11.5 Å². The zero-order valence-electron chi connectivity index (χ0n) is 13.5. The van der Waals surface area contributed by atoms with Gasteiger partial charge in [-0.05, 0) is 42.5 Å². The van der Waals surface area contributed by atoms with Gasteiger partial charge in [-0.15, -0.1) is 0 Å². The predicted molar refractivity (Wildman–Crippen MR) is 92.7 cm³/mol. The molecule has 0 radical (unpaired) electrons. The Balaban J connectivity index is 1.61. The number of anilines is 1.